The van der Waals surface area contributed by atoms with Crippen LogP contribution >= 0.6 is 11.6 Å². The third-order valence-corrected chi connectivity index (χ3v) is 2.98. The lowest BCUT2D eigenvalue weighted by Gasteiger charge is -2.26. The molecule has 7 nitrogen and oxygen atoms in total. The van der Waals surface area contributed by atoms with Gasteiger partial charge in [0.25, 0.3) is 0 Å². The highest BCUT2D eigenvalue weighted by atomic mass is 35.5. The van der Waals surface area contributed by atoms with E-state index in [2.05, 4.69) is 15.5 Å². The average molecular weight is 273 g/mol. The highest BCUT2D eigenvalue weighted by Crippen LogP contribution is 2.20. The number of nitrogens with zero attached hydrogens (tertiary/aromatic N) is 2. The molecule has 0 unspecified atom stereocenters. The zero-order chi connectivity index (χ0) is 13.1. The fourth-order valence-electron chi connectivity index (χ4n) is 1.93. The molecule has 98 valence electrons. The number of aromatic carboxylic acids is 1. The number of halogens is 1. The van der Waals surface area contributed by atoms with E-state index in [0.717, 1.165) is 0 Å². The van der Waals surface area contributed by atoms with E-state index in [-0.39, 0.29) is 11.7 Å². The Morgan fingerprint density at radius 2 is 2.33 bits per heavy atom. The Balaban J connectivity index is 2.07. The zero-order valence-corrected chi connectivity index (χ0v) is 10.3. The molecule has 1 aromatic rings. The highest BCUT2D eigenvalue weighted by molar-refractivity contribution is 6.18. The van der Waals surface area contributed by atoms with Crippen molar-refractivity contribution in [2.75, 3.05) is 19.0 Å². The van der Waals surface area contributed by atoms with Gasteiger partial charge in [-0.2, -0.15) is 5.10 Å². The molecule has 0 aromatic carbocycles. The van der Waals surface area contributed by atoms with Crippen molar-refractivity contribution in [2.24, 2.45) is 0 Å². The van der Waals surface area contributed by atoms with Gasteiger partial charge in [0.1, 0.15) is 0 Å². The molecule has 0 aliphatic carbocycles. The van der Waals surface area contributed by atoms with E-state index in [4.69, 9.17) is 16.7 Å². The Morgan fingerprint density at radius 1 is 1.56 bits per heavy atom. The van der Waals surface area contributed by atoms with Gasteiger partial charge >= 0.3 is 12.0 Å². The number of aromatic nitrogens is 2. The third kappa shape index (κ3) is 2.40. The van der Waals surface area contributed by atoms with Gasteiger partial charge in [-0.1, -0.05) is 0 Å². The van der Waals surface area contributed by atoms with Crippen LogP contribution in [0.4, 0.5) is 4.79 Å². The lowest BCUT2D eigenvalue weighted by Crippen LogP contribution is -2.43. The molecule has 3 N–H and O–H groups in total. The number of hydrogen-bond acceptors (Lipinski definition) is 3. The maximum atomic E-state index is 11.7. The van der Waals surface area contributed by atoms with Gasteiger partial charge in [0.05, 0.1) is 12.2 Å². The molecule has 8 heteroatoms. The van der Waals surface area contributed by atoms with Crippen LogP contribution in [0.15, 0.2) is 0 Å². The van der Waals surface area contributed by atoms with Gasteiger partial charge in [-0.3, -0.25) is 5.10 Å². The fraction of sp³-hybridized carbons (Fsp3) is 0.500. The Morgan fingerprint density at radius 3 is 3.00 bits per heavy atom. The van der Waals surface area contributed by atoms with E-state index in [1.807, 2.05) is 0 Å². The van der Waals surface area contributed by atoms with Crippen LogP contribution in [0.3, 0.4) is 0 Å². The molecule has 1 aliphatic rings. The lowest BCUT2D eigenvalue weighted by molar-refractivity contribution is 0.0689. The molecule has 0 atom stereocenters. The van der Waals surface area contributed by atoms with Crippen molar-refractivity contribution < 1.29 is 14.7 Å². The minimum Gasteiger partial charge on any atom is -0.476 e. The zero-order valence-electron chi connectivity index (χ0n) is 9.57. The molecule has 0 saturated heterocycles. The summed E-state index contributed by atoms with van der Waals surface area (Å²) in [5, 5.41) is 18.0. The number of alkyl halides is 1. The molecule has 0 saturated carbocycles. The van der Waals surface area contributed by atoms with Gasteiger partial charge in [0.2, 0.25) is 0 Å². The van der Waals surface area contributed by atoms with Crippen molar-refractivity contribution in [1.29, 1.82) is 0 Å². The minimum absolute atomic E-state index is 0.0471. The quantitative estimate of drug-likeness (QED) is 0.694. The Bertz CT molecular complexity index is 474. The molecule has 2 amide bonds. The summed E-state index contributed by atoms with van der Waals surface area (Å²) in [6.07, 6.45) is 0.488. The van der Waals surface area contributed by atoms with Crippen LogP contribution in [-0.2, 0) is 13.0 Å². The summed E-state index contributed by atoms with van der Waals surface area (Å²) in [6.45, 7) is 1.22. The number of amides is 2. The number of aromatic amines is 1. The van der Waals surface area contributed by atoms with Gasteiger partial charge in [0.15, 0.2) is 5.69 Å². The second-order valence-electron chi connectivity index (χ2n) is 3.93. The van der Waals surface area contributed by atoms with Gasteiger partial charge < -0.3 is 15.3 Å². The van der Waals surface area contributed by atoms with Crippen molar-refractivity contribution in [1.82, 2.24) is 20.4 Å². The summed E-state index contributed by atoms with van der Waals surface area (Å²) in [5.41, 5.74) is 1.41. The second kappa shape index (κ2) is 5.26. The van der Waals surface area contributed by atoms with Crippen LogP contribution in [-0.4, -0.2) is 51.2 Å². The predicted molar refractivity (Wildman–Crippen MR) is 63.8 cm³/mol. The standard InChI is InChI=1S/C10H13ClN4O3/c11-2-3-12-10(18)15-4-1-6-7(5-15)13-14-8(6)9(16)17/h1-5H2,(H,12,18)(H,13,14)(H,16,17). The monoisotopic (exact) mass is 272 g/mol. The summed E-state index contributed by atoms with van der Waals surface area (Å²) in [7, 11) is 0. The Hall–Kier alpha value is -1.76. The summed E-state index contributed by atoms with van der Waals surface area (Å²) in [6, 6.07) is -0.201. The van der Waals surface area contributed by atoms with Crippen LogP contribution in [0.5, 0.6) is 0 Å². The molecule has 0 bridgehead atoms. The minimum atomic E-state index is -1.05. The number of urea groups is 1. The first kappa shape index (κ1) is 12.7. The van der Waals surface area contributed by atoms with Crippen molar-refractivity contribution in [2.45, 2.75) is 13.0 Å². The first-order valence-corrected chi connectivity index (χ1v) is 6.05. The topological polar surface area (TPSA) is 98.3 Å². The van der Waals surface area contributed by atoms with Crippen molar-refractivity contribution in [3.05, 3.63) is 17.0 Å². The van der Waals surface area contributed by atoms with Crippen LogP contribution in [0.2, 0.25) is 0 Å². The first-order valence-electron chi connectivity index (χ1n) is 5.51. The molecule has 0 radical (unpaired) electrons. The smallest absolute Gasteiger partial charge is 0.356 e. The van der Waals surface area contributed by atoms with E-state index < -0.39 is 5.97 Å². The molecule has 18 heavy (non-hydrogen) atoms. The van der Waals surface area contributed by atoms with Crippen molar-refractivity contribution >= 4 is 23.6 Å². The maximum absolute atomic E-state index is 11.7. The highest BCUT2D eigenvalue weighted by Gasteiger charge is 2.26. The number of carboxylic acid groups (broad SMARTS) is 1. The number of rotatable bonds is 3. The molecule has 0 fully saturated rings. The third-order valence-electron chi connectivity index (χ3n) is 2.79. The van der Waals surface area contributed by atoms with Gasteiger partial charge in [0, 0.05) is 24.5 Å². The van der Waals surface area contributed by atoms with Gasteiger partial charge in [-0.15, -0.1) is 11.6 Å². The summed E-state index contributed by atoms with van der Waals surface area (Å²) in [4.78, 5) is 24.2. The summed E-state index contributed by atoms with van der Waals surface area (Å²) in [5.74, 6) is -0.689. The molecule has 2 rings (SSSR count). The fourth-order valence-corrected chi connectivity index (χ4v) is 2.03. The number of nitrogens with one attached hydrogen (secondary N) is 2. The Kier molecular flexibility index (Phi) is 3.71. The molecular weight excluding hydrogens is 260 g/mol. The van der Waals surface area contributed by atoms with Crippen LogP contribution in [0.25, 0.3) is 0 Å². The molecule has 1 aliphatic heterocycles. The number of hydrogen-bond donors (Lipinski definition) is 3. The second-order valence-corrected chi connectivity index (χ2v) is 4.30. The van der Waals surface area contributed by atoms with Gasteiger partial charge in [-0.05, 0) is 6.42 Å². The van der Waals surface area contributed by atoms with E-state index in [9.17, 15) is 9.59 Å². The average Bonchev–Trinajstić information content (AvgIpc) is 2.78. The van der Waals surface area contributed by atoms with E-state index >= 15 is 0 Å². The SMILES string of the molecule is O=C(O)c1n[nH]c2c1CCN(C(=O)NCCCl)C2. The first-order chi connectivity index (χ1) is 8.63. The van der Waals surface area contributed by atoms with Crippen molar-refractivity contribution in [3.63, 3.8) is 0 Å². The van der Waals surface area contributed by atoms with E-state index in [1.54, 1.807) is 4.90 Å². The lowest BCUT2D eigenvalue weighted by atomic mass is 10.0. The molecule has 0 spiro atoms. The molecule has 2 heterocycles. The maximum Gasteiger partial charge on any atom is 0.356 e. The van der Waals surface area contributed by atoms with Crippen LogP contribution in [0.1, 0.15) is 21.7 Å². The molecular formula is C10H13ClN4O3. The van der Waals surface area contributed by atoms with Crippen molar-refractivity contribution in [3.8, 4) is 0 Å². The normalized spacial score (nSPS) is 14.2. The number of fused-ring (bicyclic) bond motifs is 1. The Labute approximate surface area is 108 Å². The van der Waals surface area contributed by atoms with Crippen LogP contribution in [0, 0.1) is 0 Å². The van der Waals surface area contributed by atoms with Gasteiger partial charge in [-0.25, -0.2) is 9.59 Å². The number of H-pyrrole nitrogens is 1. The van der Waals surface area contributed by atoms with Crippen LogP contribution < -0.4 is 5.32 Å². The number of carbonyl (C=O) groups is 2. The molecule has 1 aromatic heterocycles. The van der Waals surface area contributed by atoms with E-state index in [1.165, 1.54) is 0 Å². The predicted octanol–water partition coefficient (Wildman–Crippen LogP) is 0.414. The summed E-state index contributed by atoms with van der Waals surface area (Å²) >= 11 is 5.49. The largest absolute Gasteiger partial charge is 0.476 e. The number of carbonyl (C=O) groups excluding carboxylic acids is 1. The number of carboxylic acids is 1. The summed E-state index contributed by atoms with van der Waals surface area (Å²) < 4.78 is 0. The van der Waals surface area contributed by atoms with E-state index in [0.29, 0.717) is 43.2 Å².